The number of hydrogen-bond donors (Lipinski definition) is 3. The molecular weight excluding hydrogens is 386 g/mol. The van der Waals surface area contributed by atoms with E-state index in [1.54, 1.807) is 6.07 Å². The number of phenols is 2. The number of unbranched alkanes of at least 4 members (excludes halogenated alkanes) is 15. The minimum Gasteiger partial charge on any atom is -0.504 e. The van der Waals surface area contributed by atoms with Crippen LogP contribution in [-0.2, 0) is 11.2 Å². The number of phenolic OH excluding ortho intramolecular Hbond substituents is 2. The molecule has 178 valence electrons. The molecule has 0 unspecified atom stereocenters. The van der Waals surface area contributed by atoms with Gasteiger partial charge in [0.05, 0.1) is 0 Å². The zero-order valence-electron chi connectivity index (χ0n) is 20.0. The molecule has 0 spiro atoms. The fourth-order valence-corrected chi connectivity index (χ4v) is 3.97. The van der Waals surface area contributed by atoms with Crippen LogP contribution in [0.1, 0.15) is 122 Å². The fraction of sp³-hybridized carbons (Fsp3) is 0.741. The van der Waals surface area contributed by atoms with Crippen molar-refractivity contribution in [2.45, 2.75) is 122 Å². The van der Waals surface area contributed by atoms with Gasteiger partial charge in [0, 0.05) is 13.0 Å². The first-order chi connectivity index (χ1) is 15.1. The smallest absolute Gasteiger partial charge is 0.220 e. The predicted octanol–water partition coefficient (Wildman–Crippen LogP) is 7.41. The van der Waals surface area contributed by atoms with Crippen molar-refractivity contribution in [3.05, 3.63) is 23.8 Å². The normalized spacial score (nSPS) is 11.0. The number of hydrogen-bond acceptors (Lipinski definition) is 3. The summed E-state index contributed by atoms with van der Waals surface area (Å²) in [5, 5.41) is 21.8. The van der Waals surface area contributed by atoms with Crippen molar-refractivity contribution >= 4 is 5.91 Å². The molecule has 0 saturated carbocycles. The van der Waals surface area contributed by atoms with Crippen molar-refractivity contribution in [1.82, 2.24) is 5.32 Å². The second kappa shape index (κ2) is 19.0. The molecule has 3 N–H and O–H groups in total. The van der Waals surface area contributed by atoms with E-state index in [0.29, 0.717) is 12.8 Å². The van der Waals surface area contributed by atoms with Gasteiger partial charge in [-0.25, -0.2) is 0 Å². The Hall–Kier alpha value is -1.71. The van der Waals surface area contributed by atoms with E-state index in [1.165, 1.54) is 108 Å². The zero-order valence-corrected chi connectivity index (χ0v) is 20.0. The van der Waals surface area contributed by atoms with Gasteiger partial charge in [0.25, 0.3) is 0 Å². The monoisotopic (exact) mass is 433 g/mol. The van der Waals surface area contributed by atoms with Crippen LogP contribution >= 0.6 is 0 Å². The molecule has 1 aromatic carbocycles. The standard InChI is InChI=1S/C27H47NO3/c1-2-3-4-5-6-7-8-9-10-11-12-13-14-15-16-17-22-28-27(31)21-19-24-18-20-25(29)26(30)23-24/h18,20,23,29-30H,2-17,19,21-22H2,1H3,(H,28,31). The van der Waals surface area contributed by atoms with Crippen LogP contribution in [0.2, 0.25) is 0 Å². The maximum Gasteiger partial charge on any atom is 0.220 e. The Morgan fingerprint density at radius 3 is 1.68 bits per heavy atom. The molecule has 0 aromatic heterocycles. The Kier molecular flexibility index (Phi) is 16.8. The third kappa shape index (κ3) is 15.7. The van der Waals surface area contributed by atoms with Crippen LogP contribution in [0, 0.1) is 0 Å². The topological polar surface area (TPSA) is 69.6 Å². The van der Waals surface area contributed by atoms with Gasteiger partial charge in [-0.15, -0.1) is 0 Å². The molecule has 0 aliphatic heterocycles. The lowest BCUT2D eigenvalue weighted by atomic mass is 10.0. The van der Waals surface area contributed by atoms with Gasteiger partial charge >= 0.3 is 0 Å². The minimum absolute atomic E-state index is 0.0496. The Morgan fingerprint density at radius 2 is 1.19 bits per heavy atom. The highest BCUT2D eigenvalue weighted by Gasteiger charge is 2.04. The van der Waals surface area contributed by atoms with Gasteiger partial charge in [-0.05, 0) is 30.5 Å². The highest BCUT2D eigenvalue weighted by molar-refractivity contribution is 5.76. The third-order valence-corrected chi connectivity index (χ3v) is 6.03. The van der Waals surface area contributed by atoms with E-state index < -0.39 is 0 Å². The molecule has 1 rings (SSSR count). The summed E-state index contributed by atoms with van der Waals surface area (Å²) in [7, 11) is 0. The molecule has 0 heterocycles. The lowest BCUT2D eigenvalue weighted by molar-refractivity contribution is -0.121. The lowest BCUT2D eigenvalue weighted by Crippen LogP contribution is -2.24. The Bertz CT molecular complexity index is 574. The molecule has 4 heteroatoms. The first kappa shape index (κ1) is 27.3. The zero-order chi connectivity index (χ0) is 22.6. The molecule has 0 aliphatic rings. The van der Waals surface area contributed by atoms with E-state index in [2.05, 4.69) is 12.2 Å². The number of carbonyl (C=O) groups excluding carboxylic acids is 1. The molecule has 31 heavy (non-hydrogen) atoms. The third-order valence-electron chi connectivity index (χ3n) is 6.03. The van der Waals surface area contributed by atoms with Crippen molar-refractivity contribution < 1.29 is 15.0 Å². The molecule has 0 saturated heterocycles. The summed E-state index contributed by atoms with van der Waals surface area (Å²) in [6.45, 7) is 3.02. The highest BCUT2D eigenvalue weighted by atomic mass is 16.3. The number of benzene rings is 1. The molecular formula is C27H47NO3. The van der Waals surface area contributed by atoms with Crippen molar-refractivity contribution in [3.63, 3.8) is 0 Å². The number of aromatic hydroxyl groups is 2. The first-order valence-electron chi connectivity index (χ1n) is 12.9. The maximum absolute atomic E-state index is 11.9. The summed E-state index contributed by atoms with van der Waals surface area (Å²) in [4.78, 5) is 11.9. The van der Waals surface area contributed by atoms with Crippen LogP contribution in [-0.4, -0.2) is 22.7 Å². The van der Waals surface area contributed by atoms with Crippen molar-refractivity contribution in [3.8, 4) is 11.5 Å². The second-order valence-corrected chi connectivity index (χ2v) is 8.98. The van der Waals surface area contributed by atoms with E-state index in [4.69, 9.17) is 0 Å². The van der Waals surface area contributed by atoms with Crippen LogP contribution in [0.25, 0.3) is 0 Å². The molecule has 0 bridgehead atoms. The molecule has 0 aliphatic carbocycles. The van der Waals surface area contributed by atoms with Gasteiger partial charge in [-0.1, -0.05) is 109 Å². The van der Waals surface area contributed by atoms with Gasteiger partial charge in [-0.3, -0.25) is 4.79 Å². The largest absolute Gasteiger partial charge is 0.504 e. The summed E-state index contributed by atoms with van der Waals surface area (Å²) in [5.74, 6) is -0.212. The predicted molar refractivity (Wildman–Crippen MR) is 131 cm³/mol. The van der Waals surface area contributed by atoms with E-state index in [1.807, 2.05) is 0 Å². The molecule has 1 amide bonds. The number of aryl methyl sites for hydroxylation is 1. The van der Waals surface area contributed by atoms with E-state index in [9.17, 15) is 15.0 Å². The molecule has 0 fully saturated rings. The second-order valence-electron chi connectivity index (χ2n) is 8.98. The molecule has 1 aromatic rings. The van der Waals surface area contributed by atoms with Gasteiger partial charge in [0.1, 0.15) is 0 Å². The van der Waals surface area contributed by atoms with Gasteiger partial charge in [0.15, 0.2) is 11.5 Å². The summed E-state index contributed by atoms with van der Waals surface area (Å²) in [6.07, 6.45) is 22.6. The van der Waals surface area contributed by atoms with Crippen LogP contribution in [0.4, 0.5) is 0 Å². The highest BCUT2D eigenvalue weighted by Crippen LogP contribution is 2.25. The number of nitrogens with one attached hydrogen (secondary N) is 1. The molecule has 4 nitrogen and oxygen atoms in total. The SMILES string of the molecule is CCCCCCCCCCCCCCCCCCNC(=O)CCc1ccc(O)c(O)c1. The number of amides is 1. The number of rotatable bonds is 20. The minimum atomic E-state index is -0.133. The Morgan fingerprint density at radius 1 is 0.710 bits per heavy atom. The summed E-state index contributed by atoms with van der Waals surface area (Å²) >= 11 is 0. The van der Waals surface area contributed by atoms with Crippen LogP contribution < -0.4 is 5.32 Å². The van der Waals surface area contributed by atoms with E-state index in [-0.39, 0.29) is 17.4 Å². The van der Waals surface area contributed by atoms with Crippen LogP contribution in [0.3, 0.4) is 0 Å². The quantitative estimate of drug-likeness (QED) is 0.148. The fourth-order valence-electron chi connectivity index (χ4n) is 3.97. The van der Waals surface area contributed by atoms with E-state index >= 15 is 0 Å². The Balaban J connectivity index is 1.81. The lowest BCUT2D eigenvalue weighted by Gasteiger charge is -2.06. The molecule has 0 radical (unpaired) electrons. The van der Waals surface area contributed by atoms with Crippen molar-refractivity contribution in [2.75, 3.05) is 6.54 Å². The van der Waals surface area contributed by atoms with E-state index in [0.717, 1.165) is 18.5 Å². The van der Waals surface area contributed by atoms with Crippen molar-refractivity contribution in [2.24, 2.45) is 0 Å². The first-order valence-corrected chi connectivity index (χ1v) is 12.9. The summed E-state index contributed by atoms with van der Waals surface area (Å²) < 4.78 is 0. The van der Waals surface area contributed by atoms with Crippen LogP contribution in [0.5, 0.6) is 11.5 Å². The number of carbonyl (C=O) groups is 1. The summed E-state index contributed by atoms with van der Waals surface area (Å²) in [5.41, 5.74) is 0.854. The van der Waals surface area contributed by atoms with Gasteiger partial charge in [0.2, 0.25) is 5.91 Å². The molecule has 0 atom stereocenters. The van der Waals surface area contributed by atoms with Gasteiger partial charge < -0.3 is 15.5 Å². The maximum atomic E-state index is 11.9. The van der Waals surface area contributed by atoms with Crippen LogP contribution in [0.15, 0.2) is 18.2 Å². The average molecular weight is 434 g/mol. The van der Waals surface area contributed by atoms with Gasteiger partial charge in [-0.2, -0.15) is 0 Å². The summed E-state index contributed by atoms with van der Waals surface area (Å²) in [6, 6.07) is 4.70. The Labute approximate surface area is 190 Å². The average Bonchev–Trinajstić information content (AvgIpc) is 2.76. The van der Waals surface area contributed by atoms with Crippen molar-refractivity contribution in [1.29, 1.82) is 0 Å².